The maximum absolute atomic E-state index is 6.09. The standard InChI is InChI=1S/C14H24ClN5O/c1-10(14(2,3)4)19(5)12-16-11(15)17-13(18-12)20-6-8-21-9-7-20/h10H,6-9H2,1-5H3. The van der Waals surface area contributed by atoms with E-state index in [1.807, 2.05) is 7.05 Å². The van der Waals surface area contributed by atoms with Gasteiger partial charge in [-0.2, -0.15) is 15.0 Å². The molecule has 1 aliphatic heterocycles. The van der Waals surface area contributed by atoms with E-state index in [-0.39, 0.29) is 16.7 Å². The van der Waals surface area contributed by atoms with E-state index in [1.165, 1.54) is 0 Å². The summed E-state index contributed by atoms with van der Waals surface area (Å²) in [6, 6.07) is 0.272. The van der Waals surface area contributed by atoms with Gasteiger partial charge in [-0.15, -0.1) is 0 Å². The largest absolute Gasteiger partial charge is 0.378 e. The van der Waals surface area contributed by atoms with E-state index in [0.29, 0.717) is 25.1 Å². The van der Waals surface area contributed by atoms with Crippen molar-refractivity contribution < 1.29 is 4.74 Å². The first-order chi connectivity index (χ1) is 9.79. The van der Waals surface area contributed by atoms with Gasteiger partial charge < -0.3 is 14.5 Å². The molecule has 0 N–H and O–H groups in total. The van der Waals surface area contributed by atoms with Crippen LogP contribution in [0.3, 0.4) is 0 Å². The molecule has 0 bridgehead atoms. The lowest BCUT2D eigenvalue weighted by molar-refractivity contribution is 0.122. The molecule has 1 atom stereocenters. The molecule has 7 heteroatoms. The average molecular weight is 314 g/mol. The van der Waals surface area contributed by atoms with E-state index < -0.39 is 0 Å². The van der Waals surface area contributed by atoms with Crippen molar-refractivity contribution in [3.8, 4) is 0 Å². The van der Waals surface area contributed by atoms with Crippen LogP contribution in [0.15, 0.2) is 0 Å². The van der Waals surface area contributed by atoms with Crippen molar-refractivity contribution in [2.24, 2.45) is 5.41 Å². The SMILES string of the molecule is CC(N(C)c1nc(Cl)nc(N2CCOCC2)n1)C(C)(C)C. The molecule has 2 rings (SSSR count). The molecule has 0 saturated carbocycles. The third-order valence-electron chi connectivity index (χ3n) is 4.03. The highest BCUT2D eigenvalue weighted by Crippen LogP contribution is 2.26. The number of aromatic nitrogens is 3. The molecular weight excluding hydrogens is 290 g/mol. The Kier molecular flexibility index (Phi) is 4.88. The fraction of sp³-hybridized carbons (Fsp3) is 0.786. The highest BCUT2D eigenvalue weighted by Gasteiger charge is 2.26. The summed E-state index contributed by atoms with van der Waals surface area (Å²) in [6.07, 6.45) is 0. The minimum Gasteiger partial charge on any atom is -0.378 e. The van der Waals surface area contributed by atoms with Gasteiger partial charge in [0, 0.05) is 26.2 Å². The Morgan fingerprint density at radius 2 is 1.81 bits per heavy atom. The summed E-state index contributed by atoms with van der Waals surface area (Å²) in [5.74, 6) is 1.24. The van der Waals surface area contributed by atoms with Gasteiger partial charge in [0.2, 0.25) is 17.2 Å². The number of anilines is 2. The number of nitrogens with zero attached hydrogens (tertiary/aromatic N) is 5. The highest BCUT2D eigenvalue weighted by molar-refractivity contribution is 6.28. The predicted octanol–water partition coefficient (Wildman–Crippen LogP) is 2.23. The van der Waals surface area contributed by atoms with Crippen LogP contribution in [0.2, 0.25) is 5.28 Å². The molecule has 1 fully saturated rings. The molecule has 118 valence electrons. The number of hydrogen-bond acceptors (Lipinski definition) is 6. The summed E-state index contributed by atoms with van der Waals surface area (Å²) >= 11 is 6.09. The molecule has 6 nitrogen and oxygen atoms in total. The van der Waals surface area contributed by atoms with Crippen LogP contribution in [0.1, 0.15) is 27.7 Å². The second kappa shape index (κ2) is 6.32. The smallest absolute Gasteiger partial charge is 0.231 e. The van der Waals surface area contributed by atoms with E-state index >= 15 is 0 Å². The van der Waals surface area contributed by atoms with Crippen LogP contribution in [0.25, 0.3) is 0 Å². The van der Waals surface area contributed by atoms with Gasteiger partial charge >= 0.3 is 0 Å². The molecule has 1 unspecified atom stereocenters. The molecule has 1 saturated heterocycles. The Bertz CT molecular complexity index is 485. The summed E-state index contributed by atoms with van der Waals surface area (Å²) in [5.41, 5.74) is 0.118. The third kappa shape index (κ3) is 3.95. The van der Waals surface area contributed by atoms with E-state index in [9.17, 15) is 0 Å². The number of ether oxygens (including phenoxy) is 1. The first-order valence-corrected chi connectivity index (χ1v) is 7.64. The molecule has 0 amide bonds. The first-order valence-electron chi connectivity index (χ1n) is 7.26. The molecule has 1 aromatic rings. The number of rotatable bonds is 3. The lowest BCUT2D eigenvalue weighted by atomic mass is 9.87. The second-order valence-corrected chi connectivity index (χ2v) is 6.79. The van der Waals surface area contributed by atoms with E-state index in [4.69, 9.17) is 16.3 Å². The Hall–Kier alpha value is -1.14. The van der Waals surface area contributed by atoms with Crippen LogP contribution in [-0.2, 0) is 4.74 Å². The fourth-order valence-corrected chi connectivity index (χ4v) is 2.30. The van der Waals surface area contributed by atoms with Crippen molar-refractivity contribution in [1.29, 1.82) is 0 Å². The Morgan fingerprint density at radius 1 is 1.19 bits per heavy atom. The second-order valence-electron chi connectivity index (χ2n) is 6.46. The van der Waals surface area contributed by atoms with E-state index in [2.05, 4.69) is 52.4 Å². The van der Waals surface area contributed by atoms with Crippen LogP contribution in [-0.4, -0.2) is 54.3 Å². The van der Waals surface area contributed by atoms with Crippen molar-refractivity contribution in [3.05, 3.63) is 5.28 Å². The summed E-state index contributed by atoms with van der Waals surface area (Å²) < 4.78 is 5.36. The van der Waals surface area contributed by atoms with Gasteiger partial charge in [0.05, 0.1) is 13.2 Å². The molecule has 0 aliphatic carbocycles. The van der Waals surface area contributed by atoms with Gasteiger partial charge in [-0.05, 0) is 23.9 Å². The molecular formula is C14H24ClN5O. The van der Waals surface area contributed by atoms with Crippen molar-refractivity contribution in [2.45, 2.75) is 33.7 Å². The maximum atomic E-state index is 6.09. The Labute approximate surface area is 131 Å². The fourth-order valence-electron chi connectivity index (χ4n) is 2.15. The van der Waals surface area contributed by atoms with Crippen LogP contribution in [0, 0.1) is 5.41 Å². The van der Waals surface area contributed by atoms with Crippen molar-refractivity contribution in [3.63, 3.8) is 0 Å². The average Bonchev–Trinajstić information content (AvgIpc) is 2.45. The zero-order valence-corrected chi connectivity index (χ0v) is 14.2. The molecule has 21 heavy (non-hydrogen) atoms. The molecule has 0 aromatic carbocycles. The quantitative estimate of drug-likeness (QED) is 0.853. The summed E-state index contributed by atoms with van der Waals surface area (Å²) in [6.45, 7) is 11.7. The summed E-state index contributed by atoms with van der Waals surface area (Å²) in [5, 5.41) is 0.231. The molecule has 2 heterocycles. The Balaban J connectivity index is 2.25. The lowest BCUT2D eigenvalue weighted by Gasteiger charge is -2.35. The maximum Gasteiger partial charge on any atom is 0.231 e. The molecule has 1 aromatic heterocycles. The van der Waals surface area contributed by atoms with Crippen molar-refractivity contribution >= 4 is 23.5 Å². The van der Waals surface area contributed by atoms with Crippen molar-refractivity contribution in [1.82, 2.24) is 15.0 Å². The number of halogens is 1. The lowest BCUT2D eigenvalue weighted by Crippen LogP contribution is -2.41. The zero-order chi connectivity index (χ0) is 15.6. The van der Waals surface area contributed by atoms with Crippen LogP contribution in [0.5, 0.6) is 0 Å². The van der Waals surface area contributed by atoms with Crippen LogP contribution >= 0.6 is 11.6 Å². The number of hydrogen-bond donors (Lipinski definition) is 0. The Morgan fingerprint density at radius 3 is 2.38 bits per heavy atom. The van der Waals surface area contributed by atoms with Crippen molar-refractivity contribution in [2.75, 3.05) is 43.2 Å². The molecule has 0 radical (unpaired) electrons. The summed E-state index contributed by atoms with van der Waals surface area (Å²) in [7, 11) is 1.99. The van der Waals surface area contributed by atoms with Gasteiger partial charge in [0.1, 0.15) is 0 Å². The van der Waals surface area contributed by atoms with Gasteiger partial charge in [-0.3, -0.25) is 0 Å². The van der Waals surface area contributed by atoms with Gasteiger partial charge in [0.15, 0.2) is 0 Å². The minimum atomic E-state index is 0.118. The van der Waals surface area contributed by atoms with E-state index in [1.54, 1.807) is 0 Å². The number of morpholine rings is 1. The molecule has 1 aliphatic rings. The molecule has 0 spiro atoms. The zero-order valence-electron chi connectivity index (χ0n) is 13.4. The van der Waals surface area contributed by atoms with E-state index in [0.717, 1.165) is 13.1 Å². The minimum absolute atomic E-state index is 0.118. The van der Waals surface area contributed by atoms with Gasteiger partial charge in [-0.25, -0.2) is 0 Å². The predicted molar refractivity (Wildman–Crippen MR) is 85.2 cm³/mol. The van der Waals surface area contributed by atoms with Gasteiger partial charge in [-0.1, -0.05) is 20.8 Å². The normalized spacial score (nSPS) is 17.7. The highest BCUT2D eigenvalue weighted by atomic mass is 35.5. The third-order valence-corrected chi connectivity index (χ3v) is 4.20. The topological polar surface area (TPSA) is 54.4 Å². The van der Waals surface area contributed by atoms with Crippen LogP contribution < -0.4 is 9.80 Å². The monoisotopic (exact) mass is 313 g/mol. The summed E-state index contributed by atoms with van der Waals surface area (Å²) in [4.78, 5) is 17.2. The van der Waals surface area contributed by atoms with Crippen LogP contribution in [0.4, 0.5) is 11.9 Å². The first kappa shape index (κ1) is 16.2. The van der Waals surface area contributed by atoms with Gasteiger partial charge in [0.25, 0.3) is 0 Å².